The van der Waals surface area contributed by atoms with Crippen LogP contribution in [0.2, 0.25) is 0 Å². The van der Waals surface area contributed by atoms with E-state index in [1.165, 1.54) is 4.90 Å². The SMILES string of the molecule is Cc1cc(SCCCl)ccc1C#N. The summed E-state index contributed by atoms with van der Waals surface area (Å²) >= 11 is 7.29. The zero-order valence-corrected chi connectivity index (χ0v) is 8.95. The van der Waals surface area contributed by atoms with Crippen LogP contribution in [0.25, 0.3) is 0 Å². The van der Waals surface area contributed by atoms with E-state index in [0.29, 0.717) is 5.88 Å². The average molecular weight is 212 g/mol. The molecule has 0 radical (unpaired) electrons. The minimum absolute atomic E-state index is 0.656. The van der Waals surface area contributed by atoms with E-state index in [9.17, 15) is 0 Å². The van der Waals surface area contributed by atoms with Gasteiger partial charge in [-0.05, 0) is 30.7 Å². The molecule has 0 aromatic heterocycles. The summed E-state index contributed by atoms with van der Waals surface area (Å²) in [7, 11) is 0. The summed E-state index contributed by atoms with van der Waals surface area (Å²) in [6.07, 6.45) is 0. The highest BCUT2D eigenvalue weighted by Crippen LogP contribution is 2.20. The number of rotatable bonds is 3. The van der Waals surface area contributed by atoms with Crippen molar-refractivity contribution in [2.75, 3.05) is 11.6 Å². The normalized spacial score (nSPS) is 9.62. The minimum Gasteiger partial charge on any atom is -0.192 e. The molecule has 0 heterocycles. The van der Waals surface area contributed by atoms with Gasteiger partial charge in [0.25, 0.3) is 0 Å². The Morgan fingerprint density at radius 2 is 2.31 bits per heavy atom. The predicted octanol–water partition coefficient (Wildman–Crippen LogP) is 3.20. The molecule has 0 spiro atoms. The van der Waals surface area contributed by atoms with Crippen molar-refractivity contribution >= 4 is 23.4 Å². The molecule has 1 nitrogen and oxygen atoms in total. The third-order valence-electron chi connectivity index (χ3n) is 1.66. The van der Waals surface area contributed by atoms with Crippen LogP contribution in [-0.4, -0.2) is 11.6 Å². The maximum Gasteiger partial charge on any atom is 0.0994 e. The van der Waals surface area contributed by atoms with Crippen molar-refractivity contribution in [3.05, 3.63) is 29.3 Å². The van der Waals surface area contributed by atoms with Crippen LogP contribution in [0.5, 0.6) is 0 Å². The number of nitrogens with zero attached hydrogens (tertiary/aromatic N) is 1. The maximum absolute atomic E-state index is 8.71. The Kier molecular flexibility index (Phi) is 4.14. The third-order valence-corrected chi connectivity index (χ3v) is 3.07. The molecule has 1 aromatic rings. The standard InChI is InChI=1S/C10H10ClNS/c1-8-6-10(13-5-4-11)3-2-9(8)7-12/h2-3,6H,4-5H2,1H3. The van der Waals surface area contributed by atoms with Gasteiger partial charge >= 0.3 is 0 Å². The number of thioether (sulfide) groups is 1. The van der Waals surface area contributed by atoms with Gasteiger partial charge in [-0.2, -0.15) is 5.26 Å². The summed E-state index contributed by atoms with van der Waals surface area (Å²) in [6.45, 7) is 1.95. The Hall–Kier alpha value is -0.650. The molecule has 0 amide bonds. The smallest absolute Gasteiger partial charge is 0.0994 e. The van der Waals surface area contributed by atoms with Gasteiger partial charge in [0.15, 0.2) is 0 Å². The maximum atomic E-state index is 8.71. The largest absolute Gasteiger partial charge is 0.192 e. The van der Waals surface area contributed by atoms with Crippen LogP contribution in [0.3, 0.4) is 0 Å². The van der Waals surface area contributed by atoms with Crippen LogP contribution < -0.4 is 0 Å². The molecular formula is C10H10ClNS. The number of benzene rings is 1. The Morgan fingerprint density at radius 3 is 2.85 bits per heavy atom. The first-order valence-electron chi connectivity index (χ1n) is 3.97. The van der Waals surface area contributed by atoms with Crippen molar-refractivity contribution in [3.8, 4) is 6.07 Å². The van der Waals surface area contributed by atoms with Crippen LogP contribution in [0, 0.1) is 18.3 Å². The topological polar surface area (TPSA) is 23.8 Å². The molecule has 0 atom stereocenters. The molecule has 68 valence electrons. The number of hydrogen-bond donors (Lipinski definition) is 0. The molecule has 0 aliphatic rings. The van der Waals surface area contributed by atoms with Gasteiger partial charge in [-0.25, -0.2) is 0 Å². The second kappa shape index (κ2) is 5.16. The van der Waals surface area contributed by atoms with Gasteiger partial charge in [-0.15, -0.1) is 23.4 Å². The van der Waals surface area contributed by atoms with Crippen LogP contribution in [0.1, 0.15) is 11.1 Å². The highest BCUT2D eigenvalue weighted by Gasteiger charge is 1.98. The first-order chi connectivity index (χ1) is 6.27. The first-order valence-corrected chi connectivity index (χ1v) is 5.49. The van der Waals surface area contributed by atoms with E-state index >= 15 is 0 Å². The molecular weight excluding hydrogens is 202 g/mol. The van der Waals surface area contributed by atoms with Crippen molar-refractivity contribution in [2.45, 2.75) is 11.8 Å². The Labute approximate surface area is 87.7 Å². The highest BCUT2D eigenvalue weighted by molar-refractivity contribution is 7.99. The van der Waals surface area contributed by atoms with Crippen LogP contribution in [0.4, 0.5) is 0 Å². The molecule has 1 rings (SSSR count). The van der Waals surface area contributed by atoms with Gasteiger partial charge in [0.1, 0.15) is 0 Å². The van der Waals surface area contributed by atoms with E-state index in [2.05, 4.69) is 6.07 Å². The zero-order chi connectivity index (χ0) is 9.68. The second-order valence-corrected chi connectivity index (χ2v) is 4.17. The van der Waals surface area contributed by atoms with E-state index in [-0.39, 0.29) is 0 Å². The zero-order valence-electron chi connectivity index (χ0n) is 7.38. The molecule has 3 heteroatoms. The van der Waals surface area contributed by atoms with Crippen LogP contribution >= 0.6 is 23.4 Å². The molecule has 0 aliphatic carbocycles. The van der Waals surface area contributed by atoms with E-state index in [0.717, 1.165) is 16.9 Å². The predicted molar refractivity (Wildman–Crippen MR) is 57.3 cm³/mol. The fourth-order valence-corrected chi connectivity index (χ4v) is 1.98. The molecule has 0 unspecified atom stereocenters. The molecule has 1 aromatic carbocycles. The lowest BCUT2D eigenvalue weighted by Gasteiger charge is -2.01. The molecule has 13 heavy (non-hydrogen) atoms. The van der Waals surface area contributed by atoms with E-state index in [1.54, 1.807) is 11.8 Å². The molecule has 0 bridgehead atoms. The second-order valence-electron chi connectivity index (χ2n) is 2.63. The van der Waals surface area contributed by atoms with Crippen molar-refractivity contribution in [1.82, 2.24) is 0 Å². The number of nitriles is 1. The highest BCUT2D eigenvalue weighted by atomic mass is 35.5. The summed E-state index contributed by atoms with van der Waals surface area (Å²) in [5, 5.41) is 8.71. The summed E-state index contributed by atoms with van der Waals surface area (Å²) < 4.78 is 0. The number of halogens is 1. The summed E-state index contributed by atoms with van der Waals surface area (Å²) in [5.74, 6) is 1.57. The van der Waals surface area contributed by atoms with Gasteiger partial charge in [0.05, 0.1) is 11.6 Å². The number of aryl methyl sites for hydroxylation is 1. The van der Waals surface area contributed by atoms with E-state index in [1.807, 2.05) is 25.1 Å². The molecule has 0 saturated heterocycles. The lowest BCUT2D eigenvalue weighted by molar-refractivity contribution is 1.32. The lowest BCUT2D eigenvalue weighted by atomic mass is 10.1. The number of alkyl halides is 1. The van der Waals surface area contributed by atoms with Crippen LogP contribution in [0.15, 0.2) is 23.1 Å². The van der Waals surface area contributed by atoms with E-state index < -0.39 is 0 Å². The molecule has 0 N–H and O–H groups in total. The average Bonchev–Trinajstić information content (AvgIpc) is 2.15. The van der Waals surface area contributed by atoms with Gasteiger partial charge in [-0.3, -0.25) is 0 Å². The quantitative estimate of drug-likeness (QED) is 0.567. The third kappa shape index (κ3) is 2.95. The monoisotopic (exact) mass is 211 g/mol. The van der Waals surface area contributed by atoms with Gasteiger partial charge < -0.3 is 0 Å². The summed E-state index contributed by atoms with van der Waals surface area (Å²) in [4.78, 5) is 1.18. The minimum atomic E-state index is 0.656. The Bertz CT molecular complexity index is 330. The van der Waals surface area contributed by atoms with Crippen molar-refractivity contribution < 1.29 is 0 Å². The Morgan fingerprint density at radius 1 is 1.54 bits per heavy atom. The fourth-order valence-electron chi connectivity index (χ4n) is 1.01. The van der Waals surface area contributed by atoms with Gasteiger partial charge in [0, 0.05) is 16.5 Å². The Balaban J connectivity index is 2.79. The van der Waals surface area contributed by atoms with E-state index in [4.69, 9.17) is 16.9 Å². The van der Waals surface area contributed by atoms with Gasteiger partial charge in [-0.1, -0.05) is 0 Å². The lowest BCUT2D eigenvalue weighted by Crippen LogP contribution is -1.84. The first kappa shape index (κ1) is 10.4. The molecule has 0 aliphatic heterocycles. The van der Waals surface area contributed by atoms with Crippen molar-refractivity contribution in [2.24, 2.45) is 0 Å². The molecule has 0 saturated carbocycles. The molecule has 0 fully saturated rings. The van der Waals surface area contributed by atoms with Crippen molar-refractivity contribution in [1.29, 1.82) is 5.26 Å². The summed E-state index contributed by atoms with van der Waals surface area (Å²) in [5.41, 5.74) is 1.78. The van der Waals surface area contributed by atoms with Crippen LogP contribution in [-0.2, 0) is 0 Å². The number of hydrogen-bond acceptors (Lipinski definition) is 2. The van der Waals surface area contributed by atoms with Gasteiger partial charge in [0.2, 0.25) is 0 Å². The fraction of sp³-hybridized carbons (Fsp3) is 0.300. The summed E-state index contributed by atoms with van der Waals surface area (Å²) in [6, 6.07) is 7.98. The van der Waals surface area contributed by atoms with Crippen molar-refractivity contribution in [3.63, 3.8) is 0 Å².